The van der Waals surface area contributed by atoms with Crippen molar-refractivity contribution in [2.24, 2.45) is 0 Å². The van der Waals surface area contributed by atoms with E-state index >= 15 is 0 Å². The van der Waals surface area contributed by atoms with E-state index in [0.717, 1.165) is 22.0 Å². The van der Waals surface area contributed by atoms with Crippen LogP contribution in [0.15, 0.2) is 24.4 Å². The summed E-state index contributed by atoms with van der Waals surface area (Å²) < 4.78 is 0. The van der Waals surface area contributed by atoms with Crippen molar-refractivity contribution < 1.29 is 14.7 Å². The number of aromatic amines is 1. The van der Waals surface area contributed by atoms with E-state index in [9.17, 15) is 9.59 Å². The number of carbonyl (C=O) groups is 2. The minimum Gasteiger partial charge on any atom is -0.481 e. The van der Waals surface area contributed by atoms with Crippen LogP contribution in [0.5, 0.6) is 0 Å². The number of amides is 1. The van der Waals surface area contributed by atoms with Crippen LogP contribution in [0.3, 0.4) is 0 Å². The molecule has 1 heterocycles. The van der Waals surface area contributed by atoms with E-state index in [2.05, 4.69) is 10.3 Å². The molecule has 1 aromatic heterocycles. The largest absolute Gasteiger partial charge is 0.481 e. The smallest absolute Gasteiger partial charge is 0.313 e. The van der Waals surface area contributed by atoms with Gasteiger partial charge in [0.15, 0.2) is 0 Å². The van der Waals surface area contributed by atoms with Crippen molar-refractivity contribution in [2.75, 3.05) is 18.1 Å². The van der Waals surface area contributed by atoms with E-state index in [4.69, 9.17) is 5.11 Å². The van der Waals surface area contributed by atoms with Gasteiger partial charge in [-0.05, 0) is 24.1 Å². The molecule has 0 aliphatic rings. The molecule has 0 atom stereocenters. The average Bonchev–Trinajstić information content (AvgIpc) is 2.82. The molecule has 0 saturated carbocycles. The van der Waals surface area contributed by atoms with Crippen molar-refractivity contribution in [3.05, 3.63) is 35.5 Å². The minimum atomic E-state index is -0.833. The highest BCUT2D eigenvalue weighted by molar-refractivity contribution is 7.99. The summed E-state index contributed by atoms with van der Waals surface area (Å²) in [4.78, 5) is 25.4. The number of thioether (sulfide) groups is 1. The van der Waals surface area contributed by atoms with Crippen molar-refractivity contribution in [3.63, 3.8) is 0 Å². The second kappa shape index (κ2) is 7.17. The average molecular weight is 306 g/mol. The number of aryl methyl sites for hydroxylation is 1. The van der Waals surface area contributed by atoms with Gasteiger partial charge in [0.2, 0.25) is 5.91 Å². The third-order valence-electron chi connectivity index (χ3n) is 3.14. The number of hydrogen-bond donors (Lipinski definition) is 3. The molecular weight excluding hydrogens is 288 g/mol. The van der Waals surface area contributed by atoms with Crippen LogP contribution in [-0.4, -0.2) is 40.0 Å². The lowest BCUT2D eigenvalue weighted by Gasteiger charge is -2.05. The highest BCUT2D eigenvalue weighted by Crippen LogP contribution is 2.22. The molecule has 0 spiro atoms. The normalized spacial score (nSPS) is 10.7. The van der Waals surface area contributed by atoms with Crippen LogP contribution in [0.25, 0.3) is 10.9 Å². The number of carboxylic acid groups (broad SMARTS) is 1. The van der Waals surface area contributed by atoms with Crippen LogP contribution in [0.1, 0.15) is 11.1 Å². The summed E-state index contributed by atoms with van der Waals surface area (Å²) in [6.07, 6.45) is 2.20. The van der Waals surface area contributed by atoms with Crippen LogP contribution < -0.4 is 5.32 Å². The third-order valence-corrected chi connectivity index (χ3v) is 4.08. The van der Waals surface area contributed by atoms with Crippen LogP contribution in [-0.2, 0) is 16.0 Å². The first-order valence-electron chi connectivity index (χ1n) is 6.69. The molecule has 1 amide bonds. The van der Waals surface area contributed by atoms with E-state index in [1.807, 2.05) is 31.3 Å². The summed E-state index contributed by atoms with van der Waals surface area (Å²) in [5.74, 6) is -0.210. The SMILES string of the molecule is Cc1cccc2[nH]cc(CC(=O)NCCSCC(=O)O)c12. The first-order valence-corrected chi connectivity index (χ1v) is 7.85. The zero-order valence-corrected chi connectivity index (χ0v) is 12.6. The lowest BCUT2D eigenvalue weighted by molar-refractivity contribution is -0.133. The van der Waals surface area contributed by atoms with Crippen molar-refractivity contribution in [1.29, 1.82) is 0 Å². The van der Waals surface area contributed by atoms with E-state index in [1.54, 1.807) is 0 Å². The van der Waals surface area contributed by atoms with Crippen LogP contribution in [0.2, 0.25) is 0 Å². The molecule has 6 heteroatoms. The quantitative estimate of drug-likeness (QED) is 0.683. The lowest BCUT2D eigenvalue weighted by Crippen LogP contribution is -2.27. The number of fused-ring (bicyclic) bond motifs is 1. The fourth-order valence-electron chi connectivity index (χ4n) is 2.25. The van der Waals surface area contributed by atoms with Gasteiger partial charge < -0.3 is 15.4 Å². The number of hydrogen-bond acceptors (Lipinski definition) is 3. The third kappa shape index (κ3) is 4.26. The molecule has 2 rings (SSSR count). The number of carbonyl (C=O) groups excluding carboxylic acids is 1. The minimum absolute atomic E-state index is 0.0462. The van der Waals surface area contributed by atoms with Crippen LogP contribution in [0.4, 0.5) is 0 Å². The molecule has 21 heavy (non-hydrogen) atoms. The monoisotopic (exact) mass is 306 g/mol. The Morgan fingerprint density at radius 1 is 1.38 bits per heavy atom. The number of H-pyrrole nitrogens is 1. The molecule has 3 N–H and O–H groups in total. The molecule has 112 valence electrons. The first-order chi connectivity index (χ1) is 10.1. The number of carboxylic acids is 1. The van der Waals surface area contributed by atoms with E-state index in [1.165, 1.54) is 11.8 Å². The van der Waals surface area contributed by atoms with Gasteiger partial charge in [-0.25, -0.2) is 0 Å². The Hall–Kier alpha value is -1.95. The maximum Gasteiger partial charge on any atom is 0.313 e. The summed E-state index contributed by atoms with van der Waals surface area (Å²) in [6.45, 7) is 2.51. The maximum atomic E-state index is 11.9. The topological polar surface area (TPSA) is 82.2 Å². The number of nitrogens with one attached hydrogen (secondary N) is 2. The summed E-state index contributed by atoms with van der Waals surface area (Å²) in [5.41, 5.74) is 3.17. The molecule has 0 aliphatic heterocycles. The van der Waals surface area contributed by atoms with Gasteiger partial charge in [0.25, 0.3) is 0 Å². The fourth-order valence-corrected chi connectivity index (χ4v) is 2.81. The standard InChI is InChI=1S/C15H18N2O3S/c1-10-3-2-4-12-15(10)11(8-17-12)7-13(18)16-5-6-21-9-14(19)20/h2-4,8,17H,5-7,9H2,1H3,(H,16,18)(H,19,20). The maximum absolute atomic E-state index is 11.9. The van der Waals surface area contributed by atoms with Crippen LogP contribution >= 0.6 is 11.8 Å². The number of benzene rings is 1. The van der Waals surface area contributed by atoms with Gasteiger partial charge >= 0.3 is 5.97 Å². The van der Waals surface area contributed by atoms with Gasteiger partial charge in [0.1, 0.15) is 0 Å². The Labute approximate surface area is 127 Å². The molecule has 5 nitrogen and oxygen atoms in total. The molecule has 0 fully saturated rings. The van der Waals surface area contributed by atoms with Gasteiger partial charge in [-0.2, -0.15) is 0 Å². The van der Waals surface area contributed by atoms with Gasteiger partial charge in [0.05, 0.1) is 12.2 Å². The Bertz CT molecular complexity index is 651. The summed E-state index contributed by atoms with van der Waals surface area (Å²) in [5, 5.41) is 12.4. The Morgan fingerprint density at radius 2 is 2.19 bits per heavy atom. The van der Waals surface area contributed by atoms with Crippen molar-refractivity contribution >= 4 is 34.5 Å². The van der Waals surface area contributed by atoms with Gasteiger partial charge in [0, 0.05) is 29.4 Å². The van der Waals surface area contributed by atoms with Gasteiger partial charge in [-0.15, -0.1) is 11.8 Å². The Morgan fingerprint density at radius 3 is 2.95 bits per heavy atom. The predicted octanol–water partition coefficient (Wildman–Crippen LogP) is 1.95. The van der Waals surface area contributed by atoms with Crippen molar-refractivity contribution in [1.82, 2.24) is 10.3 Å². The predicted molar refractivity (Wildman–Crippen MR) is 84.7 cm³/mol. The van der Waals surface area contributed by atoms with Gasteiger partial charge in [-0.1, -0.05) is 12.1 Å². The first kappa shape index (κ1) is 15.4. The van der Waals surface area contributed by atoms with Crippen LogP contribution in [0, 0.1) is 6.92 Å². The summed E-state index contributed by atoms with van der Waals surface area (Å²) in [7, 11) is 0. The lowest BCUT2D eigenvalue weighted by atomic mass is 10.1. The zero-order valence-electron chi connectivity index (χ0n) is 11.8. The number of aromatic nitrogens is 1. The molecular formula is C15H18N2O3S. The second-order valence-electron chi connectivity index (χ2n) is 4.78. The second-order valence-corrected chi connectivity index (χ2v) is 5.89. The van der Waals surface area contributed by atoms with E-state index in [0.29, 0.717) is 18.7 Å². The summed E-state index contributed by atoms with van der Waals surface area (Å²) in [6, 6.07) is 6.00. The molecule has 0 unspecified atom stereocenters. The highest BCUT2D eigenvalue weighted by Gasteiger charge is 2.10. The van der Waals surface area contributed by atoms with Crippen molar-refractivity contribution in [2.45, 2.75) is 13.3 Å². The zero-order chi connectivity index (χ0) is 15.2. The summed E-state index contributed by atoms with van der Waals surface area (Å²) >= 11 is 1.30. The number of aliphatic carboxylic acids is 1. The molecule has 1 aromatic carbocycles. The van der Waals surface area contributed by atoms with E-state index in [-0.39, 0.29) is 11.7 Å². The fraction of sp³-hybridized carbons (Fsp3) is 0.333. The van der Waals surface area contributed by atoms with Crippen molar-refractivity contribution in [3.8, 4) is 0 Å². The Balaban J connectivity index is 1.86. The molecule has 0 radical (unpaired) electrons. The molecule has 0 aliphatic carbocycles. The molecule has 0 bridgehead atoms. The highest BCUT2D eigenvalue weighted by atomic mass is 32.2. The number of rotatable bonds is 7. The molecule has 2 aromatic rings. The Kier molecular flexibility index (Phi) is 5.27. The molecule has 0 saturated heterocycles. The van der Waals surface area contributed by atoms with E-state index < -0.39 is 5.97 Å². The van der Waals surface area contributed by atoms with Gasteiger partial charge in [-0.3, -0.25) is 9.59 Å².